The van der Waals surface area contributed by atoms with E-state index in [0.29, 0.717) is 19.6 Å². The van der Waals surface area contributed by atoms with Gasteiger partial charge in [-0.15, -0.1) is 11.3 Å². The molecule has 2 aromatic heterocycles. The molecule has 28 heavy (non-hydrogen) atoms. The lowest BCUT2D eigenvalue weighted by Gasteiger charge is -2.31. The number of carbonyl (C=O) groups is 2. The largest absolute Gasteiger partial charge is 0.438 e. The summed E-state index contributed by atoms with van der Waals surface area (Å²) in [5.41, 5.74) is 1.97. The third-order valence-electron chi connectivity index (χ3n) is 4.76. The topological polar surface area (TPSA) is 88.3 Å². The van der Waals surface area contributed by atoms with Gasteiger partial charge in [0.15, 0.2) is 6.39 Å². The van der Waals surface area contributed by atoms with Gasteiger partial charge in [0.1, 0.15) is 5.01 Å². The fraction of sp³-hybridized carbons (Fsp3) is 0.300. The normalized spacial score (nSPS) is 16.7. The van der Waals surface area contributed by atoms with Crippen LogP contribution in [0.4, 0.5) is 0 Å². The number of thiazole rings is 1. The van der Waals surface area contributed by atoms with Gasteiger partial charge in [0.2, 0.25) is 11.7 Å². The van der Waals surface area contributed by atoms with E-state index < -0.39 is 0 Å². The third-order valence-corrected chi connectivity index (χ3v) is 5.61. The number of amides is 2. The quantitative estimate of drug-likeness (QED) is 0.716. The average Bonchev–Trinajstić information content (AvgIpc) is 3.44. The van der Waals surface area contributed by atoms with E-state index in [9.17, 15) is 9.59 Å². The van der Waals surface area contributed by atoms with E-state index >= 15 is 0 Å². The van der Waals surface area contributed by atoms with E-state index in [0.717, 1.165) is 29.1 Å². The molecule has 144 valence electrons. The molecule has 4 rings (SSSR count). The first-order valence-electron chi connectivity index (χ1n) is 9.16. The number of nitrogens with one attached hydrogen (secondary N) is 1. The van der Waals surface area contributed by atoms with Crippen LogP contribution >= 0.6 is 11.3 Å². The number of oxazole rings is 1. The molecule has 1 N–H and O–H groups in total. The number of hydrogen-bond acceptors (Lipinski definition) is 6. The molecule has 2 amide bonds. The van der Waals surface area contributed by atoms with Crippen molar-refractivity contribution in [1.29, 1.82) is 0 Å². The summed E-state index contributed by atoms with van der Waals surface area (Å²) in [5.74, 6) is -0.291. The molecule has 1 aromatic carbocycles. The van der Waals surface area contributed by atoms with E-state index in [1.54, 1.807) is 4.90 Å². The van der Waals surface area contributed by atoms with E-state index in [2.05, 4.69) is 15.3 Å². The van der Waals surface area contributed by atoms with Crippen molar-refractivity contribution < 1.29 is 14.0 Å². The van der Waals surface area contributed by atoms with Crippen LogP contribution in [0, 0.1) is 5.92 Å². The SMILES string of the molecule is O=C(NCc1nc(-c2ccccc2)cs1)[C@H]1CCCN(C(=O)c2cnco2)C1. The molecule has 1 saturated heterocycles. The molecule has 7 nitrogen and oxygen atoms in total. The van der Waals surface area contributed by atoms with Crippen molar-refractivity contribution in [3.05, 3.63) is 59.1 Å². The Balaban J connectivity index is 1.32. The average molecular weight is 396 g/mol. The van der Waals surface area contributed by atoms with Crippen molar-refractivity contribution in [3.8, 4) is 11.3 Å². The molecular weight excluding hydrogens is 376 g/mol. The Hall–Kier alpha value is -3.00. The van der Waals surface area contributed by atoms with E-state index in [1.807, 2.05) is 35.7 Å². The van der Waals surface area contributed by atoms with Crippen molar-refractivity contribution in [2.24, 2.45) is 5.92 Å². The fourth-order valence-corrected chi connectivity index (χ4v) is 4.04. The number of piperidine rings is 1. The van der Waals surface area contributed by atoms with Crippen molar-refractivity contribution in [2.45, 2.75) is 19.4 Å². The van der Waals surface area contributed by atoms with Gasteiger partial charge in [-0.05, 0) is 12.8 Å². The lowest BCUT2D eigenvalue weighted by Crippen LogP contribution is -2.45. The van der Waals surface area contributed by atoms with Crippen LogP contribution in [0.3, 0.4) is 0 Å². The minimum atomic E-state index is -0.228. The molecule has 3 aromatic rings. The first-order valence-corrected chi connectivity index (χ1v) is 10.0. The minimum Gasteiger partial charge on any atom is -0.438 e. The van der Waals surface area contributed by atoms with Crippen LogP contribution in [-0.2, 0) is 11.3 Å². The third kappa shape index (κ3) is 4.12. The maximum Gasteiger partial charge on any atom is 0.291 e. The molecule has 0 saturated carbocycles. The lowest BCUT2D eigenvalue weighted by atomic mass is 9.97. The summed E-state index contributed by atoms with van der Waals surface area (Å²) < 4.78 is 5.08. The summed E-state index contributed by atoms with van der Waals surface area (Å²) in [5, 5.41) is 5.82. The van der Waals surface area contributed by atoms with E-state index in [4.69, 9.17) is 4.42 Å². The second kappa shape index (κ2) is 8.35. The minimum absolute atomic E-state index is 0.0495. The Morgan fingerprint density at radius 1 is 1.29 bits per heavy atom. The van der Waals surface area contributed by atoms with Gasteiger partial charge in [-0.3, -0.25) is 9.59 Å². The highest BCUT2D eigenvalue weighted by molar-refractivity contribution is 7.09. The highest BCUT2D eigenvalue weighted by Crippen LogP contribution is 2.22. The van der Waals surface area contributed by atoms with Gasteiger partial charge in [0.25, 0.3) is 5.91 Å². The predicted octanol–water partition coefficient (Wildman–Crippen LogP) is 2.97. The number of likely N-dealkylation sites (tertiary alicyclic amines) is 1. The molecule has 0 radical (unpaired) electrons. The van der Waals surface area contributed by atoms with E-state index in [1.165, 1.54) is 23.9 Å². The summed E-state index contributed by atoms with van der Waals surface area (Å²) >= 11 is 1.53. The van der Waals surface area contributed by atoms with Gasteiger partial charge < -0.3 is 14.6 Å². The Bertz CT molecular complexity index is 940. The van der Waals surface area contributed by atoms with Crippen LogP contribution in [0.2, 0.25) is 0 Å². The highest BCUT2D eigenvalue weighted by Gasteiger charge is 2.30. The second-order valence-corrected chi connectivity index (χ2v) is 7.61. The first-order chi connectivity index (χ1) is 13.7. The zero-order valence-corrected chi connectivity index (χ0v) is 16.0. The van der Waals surface area contributed by atoms with Gasteiger partial charge in [-0.25, -0.2) is 9.97 Å². The van der Waals surface area contributed by atoms with Crippen molar-refractivity contribution in [3.63, 3.8) is 0 Å². The van der Waals surface area contributed by atoms with Gasteiger partial charge >= 0.3 is 0 Å². The standard InChI is InChI=1S/C20H20N4O3S/c25-19(15-7-4-8-24(11-15)20(26)17-9-21-13-27-17)22-10-18-23-16(12-28-18)14-5-2-1-3-6-14/h1-3,5-6,9,12-13,15H,4,7-8,10-11H2,(H,22,25)/t15-/m0/s1. The number of rotatable bonds is 5. The fourth-order valence-electron chi connectivity index (χ4n) is 3.29. The molecule has 1 fully saturated rings. The Morgan fingerprint density at radius 2 is 2.14 bits per heavy atom. The maximum absolute atomic E-state index is 12.6. The zero-order chi connectivity index (χ0) is 19.3. The van der Waals surface area contributed by atoms with Crippen LogP contribution in [0.15, 0.2) is 52.7 Å². The predicted molar refractivity (Wildman–Crippen MR) is 105 cm³/mol. The van der Waals surface area contributed by atoms with Gasteiger partial charge in [-0.2, -0.15) is 0 Å². The number of hydrogen-bond donors (Lipinski definition) is 1. The molecule has 1 atom stereocenters. The molecule has 1 aliphatic rings. The number of nitrogens with zero attached hydrogens (tertiary/aromatic N) is 3. The lowest BCUT2D eigenvalue weighted by molar-refractivity contribution is -0.126. The maximum atomic E-state index is 12.6. The van der Waals surface area contributed by atoms with E-state index in [-0.39, 0.29) is 23.5 Å². The van der Waals surface area contributed by atoms with Crippen LogP contribution in [-0.4, -0.2) is 39.8 Å². The van der Waals surface area contributed by atoms with Gasteiger partial charge in [-0.1, -0.05) is 30.3 Å². The molecular formula is C20H20N4O3S. The zero-order valence-electron chi connectivity index (χ0n) is 15.2. The first kappa shape index (κ1) is 18.4. The summed E-state index contributed by atoms with van der Waals surface area (Å²) in [4.78, 5) is 35.0. The van der Waals surface area contributed by atoms with Gasteiger partial charge in [0.05, 0.1) is 24.4 Å². The van der Waals surface area contributed by atoms with Crippen LogP contribution < -0.4 is 5.32 Å². The summed E-state index contributed by atoms with van der Waals surface area (Å²) in [7, 11) is 0. The van der Waals surface area contributed by atoms with Crippen molar-refractivity contribution in [2.75, 3.05) is 13.1 Å². The van der Waals surface area contributed by atoms with Crippen LogP contribution in [0.25, 0.3) is 11.3 Å². The Morgan fingerprint density at radius 3 is 2.93 bits per heavy atom. The van der Waals surface area contributed by atoms with Gasteiger partial charge in [0, 0.05) is 24.0 Å². The molecule has 0 unspecified atom stereocenters. The van der Waals surface area contributed by atoms with Crippen molar-refractivity contribution >= 4 is 23.2 Å². The molecule has 3 heterocycles. The monoisotopic (exact) mass is 396 g/mol. The summed E-state index contributed by atoms with van der Waals surface area (Å²) in [6.07, 6.45) is 4.18. The Kier molecular flexibility index (Phi) is 5.48. The number of aromatic nitrogens is 2. The number of carbonyl (C=O) groups excluding carboxylic acids is 2. The summed E-state index contributed by atoms with van der Waals surface area (Å²) in [6, 6.07) is 9.95. The smallest absolute Gasteiger partial charge is 0.291 e. The molecule has 8 heteroatoms. The molecule has 0 aliphatic carbocycles. The van der Waals surface area contributed by atoms with Crippen LogP contribution in [0.1, 0.15) is 28.4 Å². The van der Waals surface area contributed by atoms with Crippen LogP contribution in [0.5, 0.6) is 0 Å². The second-order valence-electron chi connectivity index (χ2n) is 6.67. The summed E-state index contributed by atoms with van der Waals surface area (Å²) in [6.45, 7) is 1.40. The van der Waals surface area contributed by atoms with Crippen molar-refractivity contribution in [1.82, 2.24) is 20.2 Å². The number of benzene rings is 1. The highest BCUT2D eigenvalue weighted by atomic mass is 32.1. The molecule has 1 aliphatic heterocycles. The molecule has 0 spiro atoms. The Labute approximate surface area is 166 Å². The molecule has 0 bridgehead atoms.